The predicted octanol–water partition coefficient (Wildman–Crippen LogP) is -1.66. The van der Waals surface area contributed by atoms with Crippen LogP contribution in [0.4, 0.5) is 4.79 Å². The monoisotopic (exact) mass is 713 g/mol. The second kappa shape index (κ2) is 22.4. The number of thioether (sulfide) groups is 1. The van der Waals surface area contributed by atoms with Crippen molar-refractivity contribution in [3.63, 3.8) is 0 Å². The van der Waals surface area contributed by atoms with Crippen LogP contribution in [0.15, 0.2) is 0 Å². The van der Waals surface area contributed by atoms with E-state index in [1.807, 2.05) is 0 Å². The van der Waals surface area contributed by atoms with E-state index >= 15 is 0 Å². The molecule has 17 nitrogen and oxygen atoms in total. The normalized spacial score (nSPS) is 23.1. The van der Waals surface area contributed by atoms with Gasteiger partial charge in [0.2, 0.25) is 11.8 Å². The molecule has 0 saturated carbocycles. The average Bonchev–Trinajstić information content (AvgIpc) is 3.02. The second-order valence-corrected chi connectivity index (χ2v) is 13.3. The number of carboxylic acid groups (broad SMARTS) is 1. The van der Waals surface area contributed by atoms with Crippen molar-refractivity contribution in [1.82, 2.24) is 16.0 Å². The third-order valence-electron chi connectivity index (χ3n) is 7.85. The summed E-state index contributed by atoms with van der Waals surface area (Å²) in [4.78, 5) is 51.1. The molecule has 0 aliphatic carbocycles. The topological polar surface area (TPSA) is 252 Å². The number of aliphatic carboxylic acids is 1. The van der Waals surface area contributed by atoms with Gasteiger partial charge in [0.05, 0.1) is 51.7 Å². The lowest BCUT2D eigenvalue weighted by Crippen LogP contribution is -2.70. The minimum Gasteiger partial charge on any atom is -0.479 e. The largest absolute Gasteiger partial charge is 0.479 e. The van der Waals surface area contributed by atoms with E-state index < -0.39 is 91.5 Å². The average molecular weight is 714 g/mol. The number of ether oxygens (including phenoxy) is 5. The molecular weight excluding hydrogens is 658 g/mol. The molecule has 0 aromatic carbocycles. The number of hydrogen-bond acceptors (Lipinski definition) is 14. The van der Waals surface area contributed by atoms with Crippen molar-refractivity contribution in [2.24, 2.45) is 17.8 Å². The zero-order chi connectivity index (χ0) is 36.4. The van der Waals surface area contributed by atoms with E-state index in [4.69, 9.17) is 23.7 Å². The standard InChI is InChI=1S/C30H55N3O14S/c1-17(2)23(18(3)4)30(28(40)41)13-20(35)24(26(47-30)25(38)21(36)15-34)33-22(37)14-31-27(39)19(16-48-12-11-44-6)32-29(42)46-10-9-45-8-7-43-5/h17-21,23-26,34-36,38H,7-16H2,1-6H3,(H,31,39)(H,32,42)(H,33,37)(H,40,41). The molecule has 0 radical (unpaired) electrons. The summed E-state index contributed by atoms with van der Waals surface area (Å²) in [6, 6.07) is -2.54. The number of methoxy groups -OCH3 is 2. The molecule has 1 heterocycles. The van der Waals surface area contributed by atoms with Crippen molar-refractivity contribution >= 4 is 35.6 Å². The van der Waals surface area contributed by atoms with Gasteiger partial charge in [0.25, 0.3) is 0 Å². The maximum atomic E-state index is 13.0. The molecule has 18 heteroatoms. The van der Waals surface area contributed by atoms with Crippen molar-refractivity contribution in [1.29, 1.82) is 0 Å². The van der Waals surface area contributed by atoms with E-state index in [-0.39, 0.29) is 30.8 Å². The molecule has 48 heavy (non-hydrogen) atoms. The Morgan fingerprint density at radius 1 is 0.979 bits per heavy atom. The molecule has 7 atom stereocenters. The lowest BCUT2D eigenvalue weighted by Gasteiger charge is -2.51. The Hall–Kier alpha value is -2.29. The number of aliphatic hydroxyl groups is 4. The molecule has 1 aliphatic heterocycles. The molecule has 7 unspecified atom stereocenters. The number of carbonyl (C=O) groups is 4. The van der Waals surface area contributed by atoms with Gasteiger partial charge in [-0.25, -0.2) is 9.59 Å². The SMILES string of the molecule is COCCOCCOC(=O)NC(CSCCOC)C(=O)NCC(=O)NC1C(O)CC(C(=O)O)(C(C(C)C)C(C)C)OC1C(O)C(O)CO. The van der Waals surface area contributed by atoms with Crippen LogP contribution in [-0.2, 0) is 38.1 Å². The number of aliphatic hydroxyl groups excluding tert-OH is 4. The molecule has 0 bridgehead atoms. The first kappa shape index (κ1) is 43.7. The lowest BCUT2D eigenvalue weighted by atomic mass is 9.68. The molecule has 3 amide bonds. The quantitative estimate of drug-likeness (QED) is 0.0552. The minimum absolute atomic E-state index is 0.0782. The smallest absolute Gasteiger partial charge is 0.407 e. The molecule has 0 aromatic rings. The van der Waals surface area contributed by atoms with Crippen LogP contribution in [0, 0.1) is 17.8 Å². The van der Waals surface area contributed by atoms with Gasteiger partial charge in [-0.05, 0) is 11.8 Å². The molecule has 1 rings (SSSR count). The second-order valence-electron chi connectivity index (χ2n) is 12.1. The highest BCUT2D eigenvalue weighted by Gasteiger charge is 2.59. The minimum atomic E-state index is -2.00. The van der Waals surface area contributed by atoms with Gasteiger partial charge in [-0.15, -0.1) is 0 Å². The van der Waals surface area contributed by atoms with Gasteiger partial charge in [0, 0.05) is 38.1 Å². The van der Waals surface area contributed by atoms with Crippen molar-refractivity contribution < 1.29 is 68.4 Å². The van der Waals surface area contributed by atoms with Crippen molar-refractivity contribution in [2.75, 3.05) is 71.9 Å². The molecule has 1 fully saturated rings. The van der Waals surface area contributed by atoms with E-state index in [1.54, 1.807) is 27.7 Å². The van der Waals surface area contributed by atoms with Crippen LogP contribution in [0.3, 0.4) is 0 Å². The number of alkyl carbamates (subject to hydrolysis) is 1. The maximum Gasteiger partial charge on any atom is 0.407 e. The third kappa shape index (κ3) is 13.5. The van der Waals surface area contributed by atoms with Crippen LogP contribution in [0.2, 0.25) is 0 Å². The number of nitrogens with one attached hydrogen (secondary N) is 3. The third-order valence-corrected chi connectivity index (χ3v) is 8.87. The Morgan fingerprint density at radius 3 is 2.17 bits per heavy atom. The predicted molar refractivity (Wildman–Crippen MR) is 173 cm³/mol. The number of carbonyl (C=O) groups excluding carboxylic acids is 3. The summed E-state index contributed by atoms with van der Waals surface area (Å²) >= 11 is 1.31. The molecule has 0 spiro atoms. The Balaban J connectivity index is 3.05. The molecule has 280 valence electrons. The fourth-order valence-electron chi connectivity index (χ4n) is 5.83. The number of hydrogen-bond donors (Lipinski definition) is 8. The number of carboxylic acids is 1. The fraction of sp³-hybridized carbons (Fsp3) is 0.867. The van der Waals surface area contributed by atoms with Crippen LogP contribution in [0.1, 0.15) is 34.1 Å². The van der Waals surface area contributed by atoms with Gasteiger partial charge in [-0.1, -0.05) is 27.7 Å². The van der Waals surface area contributed by atoms with E-state index in [2.05, 4.69) is 16.0 Å². The van der Waals surface area contributed by atoms with Gasteiger partial charge in [0.1, 0.15) is 31.0 Å². The zero-order valence-corrected chi connectivity index (χ0v) is 29.4. The van der Waals surface area contributed by atoms with Crippen molar-refractivity contribution in [2.45, 2.75) is 76.2 Å². The summed E-state index contributed by atoms with van der Waals surface area (Å²) in [5.41, 5.74) is -2.00. The van der Waals surface area contributed by atoms with Crippen LogP contribution in [0.25, 0.3) is 0 Å². The maximum absolute atomic E-state index is 13.0. The van der Waals surface area contributed by atoms with E-state index in [9.17, 15) is 44.7 Å². The Labute approximate surface area is 285 Å². The first-order valence-corrected chi connectivity index (χ1v) is 17.0. The summed E-state index contributed by atoms with van der Waals surface area (Å²) < 4.78 is 26.2. The van der Waals surface area contributed by atoms with Gasteiger partial charge < -0.3 is 65.2 Å². The molecular formula is C30H55N3O14S. The highest BCUT2D eigenvalue weighted by atomic mass is 32.2. The van der Waals surface area contributed by atoms with Crippen LogP contribution in [0.5, 0.6) is 0 Å². The van der Waals surface area contributed by atoms with Crippen LogP contribution >= 0.6 is 11.8 Å². The van der Waals surface area contributed by atoms with Crippen LogP contribution < -0.4 is 16.0 Å². The number of rotatable bonds is 23. The molecule has 0 aromatic heterocycles. The van der Waals surface area contributed by atoms with E-state index in [1.165, 1.54) is 26.0 Å². The van der Waals surface area contributed by atoms with Gasteiger partial charge in [-0.3, -0.25) is 9.59 Å². The molecule has 8 N–H and O–H groups in total. The lowest BCUT2D eigenvalue weighted by molar-refractivity contribution is -0.250. The van der Waals surface area contributed by atoms with Gasteiger partial charge >= 0.3 is 12.1 Å². The van der Waals surface area contributed by atoms with E-state index in [0.29, 0.717) is 25.6 Å². The number of amides is 3. The Kier molecular flexibility index (Phi) is 20.4. The van der Waals surface area contributed by atoms with Crippen molar-refractivity contribution in [3.8, 4) is 0 Å². The summed E-state index contributed by atoms with van der Waals surface area (Å²) in [5.74, 6) is -3.46. The zero-order valence-electron chi connectivity index (χ0n) is 28.6. The first-order chi connectivity index (χ1) is 22.7. The van der Waals surface area contributed by atoms with Crippen LogP contribution in [-0.4, -0.2) is 163 Å². The summed E-state index contributed by atoms with van der Waals surface area (Å²) in [7, 11) is 3.04. The first-order valence-electron chi connectivity index (χ1n) is 15.9. The highest BCUT2D eigenvalue weighted by Crippen LogP contribution is 2.43. The summed E-state index contributed by atoms with van der Waals surface area (Å²) in [6.07, 6.45) is -8.26. The molecule has 1 saturated heterocycles. The Bertz CT molecular complexity index is 984. The highest BCUT2D eigenvalue weighted by molar-refractivity contribution is 7.99. The fourth-order valence-corrected chi connectivity index (χ4v) is 6.75. The Morgan fingerprint density at radius 2 is 1.60 bits per heavy atom. The van der Waals surface area contributed by atoms with Gasteiger partial charge in [0.15, 0.2) is 5.60 Å². The summed E-state index contributed by atoms with van der Waals surface area (Å²) in [6.45, 7) is 6.76. The van der Waals surface area contributed by atoms with Crippen molar-refractivity contribution in [3.05, 3.63) is 0 Å². The van der Waals surface area contributed by atoms with Gasteiger partial charge in [-0.2, -0.15) is 11.8 Å². The van der Waals surface area contributed by atoms with E-state index in [0.717, 1.165) is 0 Å². The molecule has 1 aliphatic rings. The summed E-state index contributed by atoms with van der Waals surface area (Å²) in [5, 5.41) is 59.6.